The predicted molar refractivity (Wildman–Crippen MR) is 42.1 cm³/mol. The van der Waals surface area contributed by atoms with E-state index in [-0.39, 0.29) is 6.42 Å². The molecular weight excluding hydrogens is 148 g/mol. The van der Waals surface area contributed by atoms with E-state index in [9.17, 15) is 8.42 Å². The van der Waals surface area contributed by atoms with Crippen molar-refractivity contribution in [3.63, 3.8) is 0 Å². The van der Waals surface area contributed by atoms with Gasteiger partial charge < -0.3 is 0 Å². The highest BCUT2D eigenvalue weighted by atomic mass is 32.2. The molecule has 0 bridgehead atoms. The van der Waals surface area contributed by atoms with Crippen LogP contribution in [-0.2, 0) is 10.7 Å². The Labute approximate surface area is 62.9 Å². The predicted octanol–water partition coefficient (Wildman–Crippen LogP) is 0.915. The van der Waals surface area contributed by atoms with E-state index in [1.807, 2.05) is 0 Å². The molecule has 0 rings (SSSR count). The molecule has 0 amide bonds. The van der Waals surface area contributed by atoms with Gasteiger partial charge in [-0.3, -0.25) is 0 Å². The van der Waals surface area contributed by atoms with Crippen molar-refractivity contribution in [2.45, 2.75) is 20.3 Å². The van der Waals surface area contributed by atoms with Crippen LogP contribution in [0.5, 0.6) is 0 Å². The van der Waals surface area contributed by atoms with E-state index >= 15 is 0 Å². The third-order valence-corrected chi connectivity index (χ3v) is 2.11. The van der Waals surface area contributed by atoms with E-state index in [0.717, 1.165) is 5.57 Å². The molecule has 56 valence electrons. The van der Waals surface area contributed by atoms with E-state index in [4.69, 9.17) is 6.42 Å². The number of hydrogen-bond acceptors (Lipinski definition) is 2. The van der Waals surface area contributed by atoms with Gasteiger partial charge >= 0.3 is 0 Å². The van der Waals surface area contributed by atoms with Crippen LogP contribution in [0.3, 0.4) is 0 Å². The van der Waals surface area contributed by atoms with Crippen LogP contribution >= 0.6 is 0 Å². The fraction of sp³-hybridized carbons (Fsp3) is 0.429. The van der Waals surface area contributed by atoms with Crippen LogP contribution < -0.4 is 0 Å². The van der Waals surface area contributed by atoms with Crippen molar-refractivity contribution in [3.05, 3.63) is 10.5 Å². The number of hydrogen-bond donors (Lipinski definition) is 1. The van der Waals surface area contributed by atoms with Crippen molar-refractivity contribution in [1.82, 2.24) is 0 Å². The third-order valence-electron chi connectivity index (χ3n) is 1.07. The molecule has 0 fully saturated rings. The lowest BCUT2D eigenvalue weighted by Gasteiger charge is -1.94. The minimum absolute atomic E-state index is 0.209. The topological polar surface area (TPSA) is 34.1 Å². The molecule has 0 spiro atoms. The maximum atomic E-state index is 10.4. The number of thiol groups is 1. The first kappa shape index (κ1) is 9.25. The van der Waals surface area contributed by atoms with Gasteiger partial charge in [-0.05, 0) is 13.8 Å². The minimum atomic E-state index is -2.47. The van der Waals surface area contributed by atoms with Gasteiger partial charge in [-0.15, -0.1) is 12.3 Å². The van der Waals surface area contributed by atoms with Gasteiger partial charge in [0.1, 0.15) is 0 Å². The zero-order valence-electron chi connectivity index (χ0n) is 6.05. The average molecular weight is 158 g/mol. The highest BCUT2D eigenvalue weighted by Crippen LogP contribution is 2.07. The molecule has 0 aliphatic rings. The molecule has 2 nitrogen and oxygen atoms in total. The molecular formula is C7H10O2S. The number of allylic oxidation sites excluding steroid dienone is 2. The molecule has 0 aromatic carbocycles. The van der Waals surface area contributed by atoms with Gasteiger partial charge in [0.05, 0.1) is 4.91 Å². The Morgan fingerprint density at radius 3 is 2.10 bits per heavy atom. The summed E-state index contributed by atoms with van der Waals surface area (Å²) in [6.45, 7) is 3.47. The van der Waals surface area contributed by atoms with Crippen molar-refractivity contribution in [3.8, 4) is 12.3 Å². The first-order valence-corrected chi connectivity index (χ1v) is 4.01. The molecule has 0 aliphatic carbocycles. The van der Waals surface area contributed by atoms with Crippen LogP contribution in [0.2, 0.25) is 0 Å². The van der Waals surface area contributed by atoms with Gasteiger partial charge in [-0.2, -0.15) is 0 Å². The Morgan fingerprint density at radius 1 is 1.50 bits per heavy atom. The summed E-state index contributed by atoms with van der Waals surface area (Å²) >= 11 is 0. The van der Waals surface area contributed by atoms with Crippen LogP contribution in [-0.4, -0.2) is 8.42 Å². The molecule has 3 heteroatoms. The van der Waals surface area contributed by atoms with Crippen LogP contribution in [0.4, 0.5) is 0 Å². The van der Waals surface area contributed by atoms with Crippen molar-refractivity contribution < 1.29 is 8.42 Å². The van der Waals surface area contributed by atoms with Crippen LogP contribution in [0.15, 0.2) is 10.5 Å². The lowest BCUT2D eigenvalue weighted by atomic mass is 10.3. The van der Waals surface area contributed by atoms with Crippen LogP contribution in [0, 0.1) is 12.3 Å². The molecule has 0 radical (unpaired) electrons. The Balaban J connectivity index is 4.65. The number of terminal acetylenes is 1. The lowest BCUT2D eigenvalue weighted by Crippen LogP contribution is -1.86. The molecule has 0 saturated carbocycles. The second-order valence-corrected chi connectivity index (χ2v) is 3.14. The lowest BCUT2D eigenvalue weighted by molar-refractivity contribution is 0.618. The first-order chi connectivity index (χ1) is 4.59. The summed E-state index contributed by atoms with van der Waals surface area (Å²) < 4.78 is 20.8. The summed E-state index contributed by atoms with van der Waals surface area (Å²) in [4.78, 5) is 0.359. The molecule has 0 heterocycles. The maximum Gasteiger partial charge on any atom is 0.165 e. The largest absolute Gasteiger partial charge is 0.227 e. The summed E-state index contributed by atoms with van der Waals surface area (Å²) in [5.41, 5.74) is 0.772. The van der Waals surface area contributed by atoms with E-state index in [1.165, 1.54) is 0 Å². The van der Waals surface area contributed by atoms with Crippen LogP contribution in [0.1, 0.15) is 20.3 Å². The molecule has 0 atom stereocenters. The van der Waals surface area contributed by atoms with Gasteiger partial charge in [0.15, 0.2) is 10.7 Å². The Hall–Kier alpha value is -0.750. The van der Waals surface area contributed by atoms with E-state index < -0.39 is 10.7 Å². The minimum Gasteiger partial charge on any atom is -0.227 e. The van der Waals surface area contributed by atoms with Gasteiger partial charge in [-0.25, -0.2) is 8.42 Å². The Morgan fingerprint density at radius 2 is 2.00 bits per heavy atom. The molecule has 0 N–H and O–H groups in total. The molecule has 0 saturated heterocycles. The highest BCUT2D eigenvalue weighted by molar-refractivity contribution is 7.76. The fourth-order valence-corrected chi connectivity index (χ4v) is 1.11. The van der Waals surface area contributed by atoms with Crippen LogP contribution in [0.25, 0.3) is 0 Å². The monoisotopic (exact) mass is 158 g/mol. The number of rotatable bonds is 2. The van der Waals surface area contributed by atoms with Crippen molar-refractivity contribution >= 4 is 10.7 Å². The average Bonchev–Trinajstić information content (AvgIpc) is 1.81. The highest BCUT2D eigenvalue weighted by Gasteiger charge is 1.98. The second kappa shape index (κ2) is 4.13. The summed E-state index contributed by atoms with van der Waals surface area (Å²) in [5, 5.41) is 0. The quantitative estimate of drug-likeness (QED) is 0.479. The van der Waals surface area contributed by atoms with Crippen molar-refractivity contribution in [1.29, 1.82) is 0 Å². The SMILES string of the molecule is C#CCC(=C(C)C)[SH](=O)=O. The molecule has 10 heavy (non-hydrogen) atoms. The van der Waals surface area contributed by atoms with Gasteiger partial charge in [0.2, 0.25) is 0 Å². The first-order valence-electron chi connectivity index (χ1n) is 2.83. The summed E-state index contributed by atoms with van der Waals surface area (Å²) in [6, 6.07) is 0. The van der Waals surface area contributed by atoms with E-state index in [2.05, 4.69) is 5.92 Å². The zero-order chi connectivity index (χ0) is 8.15. The van der Waals surface area contributed by atoms with Crippen molar-refractivity contribution in [2.24, 2.45) is 0 Å². The summed E-state index contributed by atoms with van der Waals surface area (Å²) in [7, 11) is -2.47. The molecule has 0 aromatic rings. The Kier molecular flexibility index (Phi) is 3.82. The van der Waals surface area contributed by atoms with Gasteiger partial charge in [-0.1, -0.05) is 5.57 Å². The fourth-order valence-electron chi connectivity index (χ4n) is 0.521. The molecule has 0 aromatic heterocycles. The molecule has 0 aliphatic heterocycles. The Bertz CT molecular complexity index is 241. The maximum absolute atomic E-state index is 10.4. The van der Waals surface area contributed by atoms with E-state index in [0.29, 0.717) is 4.91 Å². The van der Waals surface area contributed by atoms with E-state index in [1.54, 1.807) is 13.8 Å². The summed E-state index contributed by atoms with van der Waals surface area (Å²) in [5.74, 6) is 2.29. The normalized spacial score (nSPS) is 9.00. The standard InChI is InChI=1S/C7H10O2S/c1-4-5-7(6(2)3)10(8)9/h1,10H,5H2,2-3H3. The zero-order valence-corrected chi connectivity index (χ0v) is 6.94. The summed E-state index contributed by atoms with van der Waals surface area (Å²) in [6.07, 6.45) is 5.16. The smallest absolute Gasteiger partial charge is 0.165 e. The second-order valence-electron chi connectivity index (χ2n) is 2.08. The third kappa shape index (κ3) is 2.70. The van der Waals surface area contributed by atoms with Gasteiger partial charge in [0, 0.05) is 6.42 Å². The molecule has 0 unspecified atom stereocenters. The van der Waals surface area contributed by atoms with Gasteiger partial charge in [0.25, 0.3) is 0 Å². The van der Waals surface area contributed by atoms with Crippen molar-refractivity contribution in [2.75, 3.05) is 0 Å².